The largest absolute Gasteiger partial charge is 0.351 e. The first kappa shape index (κ1) is 19.3. The Balaban J connectivity index is 1.76. The summed E-state index contributed by atoms with van der Waals surface area (Å²) in [6.45, 7) is -0.108. The molecule has 0 atom stereocenters. The number of amides is 3. The molecule has 26 heavy (non-hydrogen) atoms. The molecule has 0 unspecified atom stereocenters. The van der Waals surface area contributed by atoms with E-state index < -0.39 is 29.4 Å². The van der Waals surface area contributed by atoms with Gasteiger partial charge in [0.15, 0.2) is 0 Å². The smallest absolute Gasteiger partial charge is 0.271 e. The highest BCUT2D eigenvalue weighted by Gasteiger charge is 2.13. The summed E-state index contributed by atoms with van der Waals surface area (Å²) < 4.78 is 26.3. The van der Waals surface area contributed by atoms with E-state index in [9.17, 15) is 23.2 Å². The van der Waals surface area contributed by atoms with Crippen molar-refractivity contribution in [2.45, 2.75) is 6.42 Å². The van der Waals surface area contributed by atoms with Gasteiger partial charge in [-0.2, -0.15) is 0 Å². The van der Waals surface area contributed by atoms with Gasteiger partial charge in [0, 0.05) is 19.0 Å². The third-order valence-electron chi connectivity index (χ3n) is 3.25. The van der Waals surface area contributed by atoms with Gasteiger partial charge in [0.2, 0.25) is 5.91 Å². The zero-order valence-electron chi connectivity index (χ0n) is 13.3. The van der Waals surface area contributed by atoms with Gasteiger partial charge in [-0.25, -0.2) is 8.78 Å². The average Bonchev–Trinajstić information content (AvgIpc) is 2.60. The highest BCUT2D eigenvalue weighted by atomic mass is 35.5. The molecule has 6 nitrogen and oxygen atoms in total. The Morgan fingerprint density at radius 2 is 1.65 bits per heavy atom. The Morgan fingerprint density at radius 1 is 0.923 bits per heavy atom. The number of benzene rings is 2. The standard InChI is InChI=1S/C17H14ClF2N3O3/c18-13-4-2-1-3-11(13)17(26)23-22-15(24)7-8-21-16(25)12-6-5-10(19)9-14(12)20/h1-6,9H,7-8H2,(H,21,25)(H,22,24)(H,23,26). The lowest BCUT2D eigenvalue weighted by Gasteiger charge is -2.09. The minimum atomic E-state index is -1.00. The van der Waals surface area contributed by atoms with Crippen molar-refractivity contribution in [2.24, 2.45) is 0 Å². The molecule has 0 heterocycles. The van der Waals surface area contributed by atoms with Gasteiger partial charge in [-0.05, 0) is 24.3 Å². The van der Waals surface area contributed by atoms with E-state index in [4.69, 9.17) is 11.6 Å². The molecule has 0 aliphatic rings. The van der Waals surface area contributed by atoms with Crippen molar-refractivity contribution in [3.63, 3.8) is 0 Å². The van der Waals surface area contributed by atoms with E-state index in [0.29, 0.717) is 6.07 Å². The summed E-state index contributed by atoms with van der Waals surface area (Å²) in [6, 6.07) is 8.84. The van der Waals surface area contributed by atoms with Gasteiger partial charge in [-0.15, -0.1) is 0 Å². The van der Waals surface area contributed by atoms with Gasteiger partial charge in [-0.3, -0.25) is 25.2 Å². The van der Waals surface area contributed by atoms with E-state index >= 15 is 0 Å². The Bertz CT molecular complexity index is 846. The lowest BCUT2D eigenvalue weighted by atomic mass is 10.2. The third kappa shape index (κ3) is 5.25. The first-order valence-electron chi connectivity index (χ1n) is 7.45. The number of hydrogen-bond acceptors (Lipinski definition) is 3. The number of hydrogen-bond donors (Lipinski definition) is 3. The molecule has 2 aromatic rings. The highest BCUT2D eigenvalue weighted by molar-refractivity contribution is 6.33. The molecule has 2 rings (SSSR count). The third-order valence-corrected chi connectivity index (χ3v) is 3.58. The molecule has 2 aromatic carbocycles. The molecular weight excluding hydrogens is 368 g/mol. The van der Waals surface area contributed by atoms with E-state index in [-0.39, 0.29) is 29.1 Å². The fourth-order valence-corrected chi connectivity index (χ4v) is 2.18. The van der Waals surface area contributed by atoms with Crippen molar-refractivity contribution in [3.05, 3.63) is 70.2 Å². The van der Waals surface area contributed by atoms with Gasteiger partial charge >= 0.3 is 0 Å². The van der Waals surface area contributed by atoms with Crippen LogP contribution in [0.3, 0.4) is 0 Å². The molecule has 9 heteroatoms. The van der Waals surface area contributed by atoms with Crippen molar-refractivity contribution in [1.82, 2.24) is 16.2 Å². The second-order valence-electron chi connectivity index (χ2n) is 5.11. The summed E-state index contributed by atoms with van der Waals surface area (Å²) in [6.07, 6.45) is -0.169. The van der Waals surface area contributed by atoms with Crippen LogP contribution in [0.5, 0.6) is 0 Å². The fraction of sp³-hybridized carbons (Fsp3) is 0.118. The molecular formula is C17H14ClF2N3O3. The molecule has 0 fully saturated rings. The van der Waals surface area contributed by atoms with Gasteiger partial charge < -0.3 is 5.32 Å². The fourth-order valence-electron chi connectivity index (χ4n) is 1.96. The van der Waals surface area contributed by atoms with Crippen LogP contribution >= 0.6 is 11.6 Å². The Kier molecular flexibility index (Phi) is 6.62. The second kappa shape index (κ2) is 8.91. The average molecular weight is 382 g/mol. The number of hydrazine groups is 1. The summed E-state index contributed by atoms with van der Waals surface area (Å²) in [7, 11) is 0. The van der Waals surface area contributed by atoms with Crippen LogP contribution in [-0.4, -0.2) is 24.3 Å². The Labute approximate surface area is 152 Å². The molecule has 0 saturated heterocycles. The minimum absolute atomic E-state index is 0.108. The van der Waals surface area contributed by atoms with E-state index in [1.54, 1.807) is 12.1 Å². The van der Waals surface area contributed by atoms with Crippen LogP contribution in [0, 0.1) is 11.6 Å². The Morgan fingerprint density at radius 3 is 2.35 bits per heavy atom. The van der Waals surface area contributed by atoms with Gasteiger partial charge in [0.05, 0.1) is 16.1 Å². The normalized spacial score (nSPS) is 10.1. The second-order valence-corrected chi connectivity index (χ2v) is 5.52. The molecule has 0 radical (unpaired) electrons. The van der Waals surface area contributed by atoms with Crippen molar-refractivity contribution < 1.29 is 23.2 Å². The van der Waals surface area contributed by atoms with Crippen LogP contribution in [0.25, 0.3) is 0 Å². The molecule has 3 amide bonds. The summed E-state index contributed by atoms with van der Waals surface area (Å²) in [5.74, 6) is -3.76. The zero-order valence-corrected chi connectivity index (χ0v) is 14.1. The summed E-state index contributed by atoms with van der Waals surface area (Å²) in [5, 5.41) is 2.55. The SMILES string of the molecule is O=C(CCNC(=O)c1ccc(F)cc1F)NNC(=O)c1ccccc1Cl. The molecule has 0 spiro atoms. The number of nitrogens with one attached hydrogen (secondary N) is 3. The maximum absolute atomic E-state index is 13.5. The maximum atomic E-state index is 13.5. The predicted octanol–water partition coefficient (Wildman–Crippen LogP) is 2.20. The van der Waals surface area contributed by atoms with Crippen LogP contribution < -0.4 is 16.2 Å². The number of rotatable bonds is 5. The lowest BCUT2D eigenvalue weighted by Crippen LogP contribution is -2.42. The molecule has 3 N–H and O–H groups in total. The van der Waals surface area contributed by atoms with Gasteiger partial charge in [0.25, 0.3) is 11.8 Å². The summed E-state index contributed by atoms with van der Waals surface area (Å²) >= 11 is 5.86. The van der Waals surface area contributed by atoms with Crippen molar-refractivity contribution >= 4 is 29.3 Å². The van der Waals surface area contributed by atoms with Crippen molar-refractivity contribution in [3.8, 4) is 0 Å². The number of carbonyl (C=O) groups excluding carboxylic acids is 3. The van der Waals surface area contributed by atoms with Crippen LogP contribution in [0.2, 0.25) is 5.02 Å². The molecule has 0 aromatic heterocycles. The van der Waals surface area contributed by atoms with E-state index in [1.165, 1.54) is 12.1 Å². The first-order chi connectivity index (χ1) is 12.4. The quantitative estimate of drug-likeness (QED) is 0.694. The lowest BCUT2D eigenvalue weighted by molar-refractivity contribution is -0.121. The van der Waals surface area contributed by atoms with Crippen molar-refractivity contribution in [2.75, 3.05) is 6.54 Å². The first-order valence-corrected chi connectivity index (χ1v) is 7.83. The topological polar surface area (TPSA) is 87.3 Å². The monoisotopic (exact) mass is 381 g/mol. The van der Waals surface area contributed by atoms with Crippen LogP contribution in [0.15, 0.2) is 42.5 Å². The van der Waals surface area contributed by atoms with Gasteiger partial charge in [0.1, 0.15) is 11.6 Å². The van der Waals surface area contributed by atoms with Crippen LogP contribution in [0.1, 0.15) is 27.1 Å². The van der Waals surface area contributed by atoms with E-state index in [1.807, 2.05) is 0 Å². The molecule has 0 saturated carbocycles. The van der Waals surface area contributed by atoms with Crippen LogP contribution in [0.4, 0.5) is 8.78 Å². The summed E-state index contributed by atoms with van der Waals surface area (Å²) in [4.78, 5) is 35.3. The van der Waals surface area contributed by atoms with Gasteiger partial charge in [-0.1, -0.05) is 23.7 Å². The minimum Gasteiger partial charge on any atom is -0.351 e. The zero-order chi connectivity index (χ0) is 19.1. The van der Waals surface area contributed by atoms with E-state index in [2.05, 4.69) is 16.2 Å². The Hall–Kier alpha value is -3.00. The van der Waals surface area contributed by atoms with E-state index in [0.717, 1.165) is 12.1 Å². The highest BCUT2D eigenvalue weighted by Crippen LogP contribution is 2.14. The molecule has 0 aliphatic carbocycles. The van der Waals surface area contributed by atoms with Crippen LogP contribution in [-0.2, 0) is 4.79 Å². The molecule has 0 aliphatic heterocycles. The number of carbonyl (C=O) groups is 3. The predicted molar refractivity (Wildman–Crippen MR) is 90.4 cm³/mol. The van der Waals surface area contributed by atoms with Crippen molar-refractivity contribution in [1.29, 1.82) is 0 Å². The summed E-state index contributed by atoms with van der Waals surface area (Å²) in [5.41, 5.74) is 4.21. The number of halogens is 3. The molecule has 0 bridgehead atoms. The maximum Gasteiger partial charge on any atom is 0.271 e. The molecule has 136 valence electrons.